The van der Waals surface area contributed by atoms with Gasteiger partial charge in [0, 0.05) is 5.69 Å². The van der Waals surface area contributed by atoms with E-state index in [4.69, 9.17) is 15.2 Å². The summed E-state index contributed by atoms with van der Waals surface area (Å²) in [5, 5.41) is 3.09. The Morgan fingerprint density at radius 1 is 1.15 bits per heavy atom. The van der Waals surface area contributed by atoms with Crippen molar-refractivity contribution in [1.82, 2.24) is 0 Å². The Hall–Kier alpha value is -1.51. The largest absolute Gasteiger partial charge is 0.497 e. The maximum atomic E-state index is 12.1. The van der Waals surface area contributed by atoms with Crippen LogP contribution in [0.1, 0.15) is 46.5 Å². The van der Waals surface area contributed by atoms with Crippen LogP contribution in [-0.4, -0.2) is 30.7 Å². The van der Waals surface area contributed by atoms with Crippen molar-refractivity contribution in [1.29, 1.82) is 0 Å². The number of nitrogens with zero attached hydrogens (tertiary/aromatic N) is 1. The molecule has 1 aliphatic rings. The molecule has 26 heavy (non-hydrogen) atoms. The van der Waals surface area contributed by atoms with E-state index >= 15 is 0 Å². The van der Waals surface area contributed by atoms with Gasteiger partial charge in [0.25, 0.3) is 0 Å². The Morgan fingerprint density at radius 3 is 2.23 bits per heavy atom. The second-order valence-electron chi connectivity index (χ2n) is 7.41. The molecular weight excluding hydrogens is 445 g/mol. The van der Waals surface area contributed by atoms with Crippen LogP contribution in [0.2, 0.25) is 0 Å². The lowest BCUT2D eigenvalue weighted by molar-refractivity contribution is -0.161. The van der Waals surface area contributed by atoms with Gasteiger partial charge in [0.1, 0.15) is 11.4 Å². The number of hydrogen-bond acceptors (Lipinski definition) is 4. The van der Waals surface area contributed by atoms with Crippen LogP contribution in [0.5, 0.6) is 5.75 Å². The lowest BCUT2D eigenvalue weighted by atomic mass is 9.86. The van der Waals surface area contributed by atoms with Crippen molar-refractivity contribution >= 4 is 41.6 Å². The minimum Gasteiger partial charge on any atom is -0.497 e. The van der Waals surface area contributed by atoms with E-state index in [1.165, 1.54) is 0 Å². The number of esters is 1. The van der Waals surface area contributed by atoms with Crippen LogP contribution in [0.25, 0.3) is 0 Å². The number of anilines is 1. The van der Waals surface area contributed by atoms with E-state index in [0.717, 1.165) is 37.1 Å². The maximum Gasteiger partial charge on any atom is 0.309 e. The van der Waals surface area contributed by atoms with Gasteiger partial charge in [0.15, 0.2) is 5.96 Å². The van der Waals surface area contributed by atoms with Crippen LogP contribution in [0.3, 0.4) is 0 Å². The Kier molecular flexibility index (Phi) is 8.66. The molecule has 3 N–H and O–H groups in total. The highest BCUT2D eigenvalue weighted by Crippen LogP contribution is 2.28. The topological polar surface area (TPSA) is 85.9 Å². The number of benzene rings is 1. The number of aliphatic imine (C=N–C) groups is 1. The van der Waals surface area contributed by atoms with Gasteiger partial charge in [-0.3, -0.25) is 4.79 Å². The van der Waals surface area contributed by atoms with Crippen LogP contribution in [0, 0.1) is 5.92 Å². The number of carbonyl (C=O) groups excluding carboxylic acids is 1. The molecule has 2 rings (SSSR count). The number of nitrogens with two attached hydrogens (primary N) is 1. The zero-order valence-corrected chi connectivity index (χ0v) is 18.3. The number of guanidine groups is 1. The molecule has 0 radical (unpaired) electrons. The molecule has 0 amide bonds. The fourth-order valence-electron chi connectivity index (χ4n) is 2.88. The minimum atomic E-state index is -0.432. The van der Waals surface area contributed by atoms with Crippen molar-refractivity contribution in [2.75, 3.05) is 12.4 Å². The first kappa shape index (κ1) is 22.5. The normalized spacial score (nSPS) is 20.7. The summed E-state index contributed by atoms with van der Waals surface area (Å²) in [7, 11) is 1.63. The van der Waals surface area contributed by atoms with Crippen molar-refractivity contribution in [3.05, 3.63) is 24.3 Å². The molecule has 0 atom stereocenters. The molecule has 1 aliphatic carbocycles. The molecule has 0 heterocycles. The zero-order valence-electron chi connectivity index (χ0n) is 16.0. The summed E-state index contributed by atoms with van der Waals surface area (Å²) >= 11 is 0. The molecule has 0 bridgehead atoms. The van der Waals surface area contributed by atoms with E-state index < -0.39 is 5.60 Å². The van der Waals surface area contributed by atoms with E-state index in [9.17, 15) is 4.79 Å². The van der Waals surface area contributed by atoms with Crippen LogP contribution in [-0.2, 0) is 9.53 Å². The molecule has 1 aromatic carbocycles. The summed E-state index contributed by atoms with van der Waals surface area (Å²) in [5.74, 6) is 1.06. The van der Waals surface area contributed by atoms with Gasteiger partial charge in [-0.2, -0.15) is 0 Å². The Bertz CT molecular complexity index is 603. The van der Waals surface area contributed by atoms with Crippen molar-refractivity contribution in [2.24, 2.45) is 16.6 Å². The summed E-state index contributed by atoms with van der Waals surface area (Å²) < 4.78 is 10.6. The monoisotopic (exact) mass is 475 g/mol. The zero-order chi connectivity index (χ0) is 18.4. The van der Waals surface area contributed by atoms with Gasteiger partial charge in [-0.15, -0.1) is 24.0 Å². The average molecular weight is 475 g/mol. The molecule has 0 saturated heterocycles. The van der Waals surface area contributed by atoms with Crippen LogP contribution in [0.4, 0.5) is 5.69 Å². The Balaban J connectivity index is 0.00000338. The number of hydrogen-bond donors (Lipinski definition) is 2. The second kappa shape index (κ2) is 9.99. The van der Waals surface area contributed by atoms with E-state index in [1.807, 2.05) is 45.0 Å². The molecule has 7 heteroatoms. The number of carbonyl (C=O) groups is 1. The van der Waals surface area contributed by atoms with E-state index in [-0.39, 0.29) is 41.9 Å². The number of halogens is 1. The summed E-state index contributed by atoms with van der Waals surface area (Å²) in [5.41, 5.74) is 6.43. The van der Waals surface area contributed by atoms with E-state index in [2.05, 4.69) is 10.3 Å². The second-order valence-corrected chi connectivity index (χ2v) is 7.41. The molecule has 1 saturated carbocycles. The third-order valence-corrected chi connectivity index (χ3v) is 4.12. The number of methoxy groups -OCH3 is 1. The molecule has 6 nitrogen and oxygen atoms in total. The van der Waals surface area contributed by atoms with Crippen molar-refractivity contribution in [2.45, 2.75) is 58.1 Å². The molecule has 0 aromatic heterocycles. The number of rotatable bonds is 4. The first-order chi connectivity index (χ1) is 11.8. The maximum absolute atomic E-state index is 12.1. The van der Waals surface area contributed by atoms with Gasteiger partial charge >= 0.3 is 5.97 Å². The fourth-order valence-corrected chi connectivity index (χ4v) is 2.88. The highest BCUT2D eigenvalue weighted by atomic mass is 127. The van der Waals surface area contributed by atoms with Gasteiger partial charge in [-0.1, -0.05) is 0 Å². The standard InChI is InChI=1S/C19H29N3O3.HI/c1-19(2,3)25-17(23)13-5-7-14(8-6-13)21-18(20)22-15-9-11-16(24-4)12-10-15;/h9-14H,5-8H2,1-4H3,(H3,20,21,22);1H. The van der Waals surface area contributed by atoms with Crippen molar-refractivity contribution < 1.29 is 14.3 Å². The third-order valence-electron chi connectivity index (χ3n) is 4.12. The Morgan fingerprint density at radius 2 is 1.73 bits per heavy atom. The predicted molar refractivity (Wildman–Crippen MR) is 115 cm³/mol. The molecule has 0 spiro atoms. The van der Waals surface area contributed by atoms with Crippen molar-refractivity contribution in [3.63, 3.8) is 0 Å². The summed E-state index contributed by atoms with van der Waals surface area (Å²) in [6, 6.07) is 7.65. The van der Waals surface area contributed by atoms with Gasteiger partial charge in [-0.25, -0.2) is 4.99 Å². The first-order valence-electron chi connectivity index (χ1n) is 8.74. The number of ether oxygens (including phenoxy) is 2. The molecule has 0 aliphatic heterocycles. The van der Waals surface area contributed by atoms with E-state index in [0.29, 0.717) is 5.96 Å². The van der Waals surface area contributed by atoms with Gasteiger partial charge in [0.2, 0.25) is 0 Å². The van der Waals surface area contributed by atoms with Crippen molar-refractivity contribution in [3.8, 4) is 5.75 Å². The Labute approximate surface area is 172 Å². The van der Waals surface area contributed by atoms with E-state index in [1.54, 1.807) is 7.11 Å². The average Bonchev–Trinajstić information content (AvgIpc) is 2.54. The summed E-state index contributed by atoms with van der Waals surface area (Å²) in [6.45, 7) is 5.69. The molecule has 1 aromatic rings. The fraction of sp³-hybridized carbons (Fsp3) is 0.579. The van der Waals surface area contributed by atoms with Gasteiger partial charge < -0.3 is 20.5 Å². The third kappa shape index (κ3) is 7.39. The summed E-state index contributed by atoms with van der Waals surface area (Å²) in [6.07, 6.45) is 3.27. The smallest absolute Gasteiger partial charge is 0.309 e. The highest BCUT2D eigenvalue weighted by molar-refractivity contribution is 14.0. The van der Waals surface area contributed by atoms with Crippen LogP contribution < -0.4 is 15.8 Å². The first-order valence-corrected chi connectivity index (χ1v) is 8.74. The van der Waals surface area contributed by atoms with Crippen LogP contribution in [0.15, 0.2) is 29.3 Å². The van der Waals surface area contributed by atoms with Gasteiger partial charge in [-0.05, 0) is 70.7 Å². The predicted octanol–water partition coefficient (Wildman–Crippen LogP) is 3.94. The molecule has 0 unspecified atom stereocenters. The summed E-state index contributed by atoms with van der Waals surface area (Å²) in [4.78, 5) is 16.7. The lowest BCUT2D eigenvalue weighted by Crippen LogP contribution is -2.32. The number of nitrogens with one attached hydrogen (secondary N) is 1. The molecule has 1 fully saturated rings. The quantitative estimate of drug-likeness (QED) is 0.298. The molecule has 146 valence electrons. The minimum absolute atomic E-state index is 0. The highest BCUT2D eigenvalue weighted by Gasteiger charge is 2.29. The lowest BCUT2D eigenvalue weighted by Gasteiger charge is -2.28. The van der Waals surface area contributed by atoms with Gasteiger partial charge in [0.05, 0.1) is 19.1 Å². The van der Waals surface area contributed by atoms with Crippen LogP contribution >= 0.6 is 24.0 Å². The SMILES string of the molecule is COc1ccc(NC(N)=NC2CCC(C(=O)OC(C)(C)C)CC2)cc1.I. The molecular formula is C19H30IN3O3.